The largest absolute Gasteiger partial charge is 0.0704 e. The van der Waals surface area contributed by atoms with Crippen LogP contribution in [0.5, 0.6) is 0 Å². The van der Waals surface area contributed by atoms with E-state index >= 15 is 0 Å². The lowest BCUT2D eigenvalue weighted by Crippen LogP contribution is -2.16. The molecule has 1 aliphatic rings. The molecular formula is C10H18. The molecular weight excluding hydrogens is 120 g/mol. The zero-order valence-electron chi connectivity index (χ0n) is 7.41. The van der Waals surface area contributed by atoms with Crippen LogP contribution in [0.15, 0.2) is 11.1 Å². The van der Waals surface area contributed by atoms with Gasteiger partial charge < -0.3 is 0 Å². The molecule has 0 unspecified atom stereocenters. The molecule has 10 heavy (non-hydrogen) atoms. The fourth-order valence-electron chi connectivity index (χ4n) is 2.01. The van der Waals surface area contributed by atoms with Crippen molar-refractivity contribution in [2.75, 3.05) is 0 Å². The van der Waals surface area contributed by atoms with Gasteiger partial charge in [0.25, 0.3) is 0 Å². The predicted octanol–water partition coefficient (Wildman–Crippen LogP) is 3.53. The van der Waals surface area contributed by atoms with Crippen molar-refractivity contribution in [1.29, 1.82) is 0 Å². The Labute approximate surface area is 64.3 Å². The Morgan fingerprint density at radius 2 is 1.90 bits per heavy atom. The van der Waals surface area contributed by atoms with Gasteiger partial charge in [-0.2, -0.15) is 0 Å². The minimum absolute atomic E-state index is 0.958. The maximum atomic E-state index is 2.30. The van der Waals surface area contributed by atoms with Crippen LogP contribution in [0, 0.1) is 5.92 Å². The van der Waals surface area contributed by atoms with Crippen LogP contribution in [-0.2, 0) is 0 Å². The molecule has 1 rings (SSSR count). The van der Waals surface area contributed by atoms with E-state index in [9.17, 15) is 0 Å². The summed E-state index contributed by atoms with van der Waals surface area (Å²) < 4.78 is 0. The molecule has 0 nitrogen and oxygen atoms in total. The van der Waals surface area contributed by atoms with Crippen LogP contribution in [0.1, 0.15) is 46.5 Å². The Hall–Kier alpha value is -0.260. The highest BCUT2D eigenvalue weighted by Crippen LogP contribution is 2.40. The van der Waals surface area contributed by atoms with Gasteiger partial charge in [-0.3, -0.25) is 0 Å². The summed E-state index contributed by atoms with van der Waals surface area (Å²) in [5, 5.41) is 0. The third-order valence-electron chi connectivity index (χ3n) is 2.74. The van der Waals surface area contributed by atoms with E-state index in [0.29, 0.717) is 0 Å². The van der Waals surface area contributed by atoms with E-state index < -0.39 is 0 Å². The van der Waals surface area contributed by atoms with E-state index in [1.807, 2.05) is 0 Å². The van der Waals surface area contributed by atoms with Gasteiger partial charge in [0.2, 0.25) is 0 Å². The van der Waals surface area contributed by atoms with E-state index in [0.717, 1.165) is 5.92 Å². The summed E-state index contributed by atoms with van der Waals surface area (Å²) in [5.41, 5.74) is 3.51. The topological polar surface area (TPSA) is 0 Å². The van der Waals surface area contributed by atoms with Crippen molar-refractivity contribution < 1.29 is 0 Å². The Morgan fingerprint density at radius 1 is 1.20 bits per heavy atom. The lowest BCUT2D eigenvalue weighted by atomic mass is 9.74. The van der Waals surface area contributed by atoms with Crippen LogP contribution in [0.3, 0.4) is 0 Å². The van der Waals surface area contributed by atoms with E-state index in [2.05, 4.69) is 20.8 Å². The first-order chi connectivity index (χ1) is 4.83. The molecule has 0 N–H and O–H groups in total. The quantitative estimate of drug-likeness (QED) is 0.523. The molecule has 0 amide bonds. The lowest BCUT2D eigenvalue weighted by Gasteiger charge is -2.32. The Balaban J connectivity index is 2.56. The van der Waals surface area contributed by atoms with Gasteiger partial charge in [-0.15, -0.1) is 0 Å². The normalized spacial score (nSPS) is 24.9. The van der Waals surface area contributed by atoms with Gasteiger partial charge in [0, 0.05) is 0 Å². The van der Waals surface area contributed by atoms with Gasteiger partial charge in [0.15, 0.2) is 0 Å². The van der Waals surface area contributed by atoms with Crippen molar-refractivity contribution in [2.45, 2.75) is 46.5 Å². The summed E-state index contributed by atoms with van der Waals surface area (Å²) in [6.45, 7) is 6.86. The van der Waals surface area contributed by atoms with Crippen LogP contribution in [0.25, 0.3) is 0 Å². The molecule has 0 aromatic carbocycles. The molecule has 0 aromatic heterocycles. The van der Waals surface area contributed by atoms with E-state index in [1.54, 1.807) is 11.1 Å². The second kappa shape index (κ2) is 3.23. The van der Waals surface area contributed by atoms with Crippen LogP contribution in [0.4, 0.5) is 0 Å². The van der Waals surface area contributed by atoms with Crippen LogP contribution in [0.2, 0.25) is 0 Å². The zero-order valence-corrected chi connectivity index (χ0v) is 7.41. The Kier molecular flexibility index (Phi) is 2.53. The first kappa shape index (κ1) is 7.84. The van der Waals surface area contributed by atoms with Gasteiger partial charge in [0.1, 0.15) is 0 Å². The average Bonchev–Trinajstić information content (AvgIpc) is 1.89. The molecule has 0 saturated carbocycles. The van der Waals surface area contributed by atoms with Crippen LogP contribution in [-0.4, -0.2) is 0 Å². The molecule has 0 heterocycles. The number of hydrogen-bond donors (Lipinski definition) is 0. The average molecular weight is 138 g/mol. The fourth-order valence-corrected chi connectivity index (χ4v) is 2.01. The monoisotopic (exact) mass is 138 g/mol. The number of rotatable bonds is 3. The number of allylic oxidation sites excluding steroid dienone is 2. The van der Waals surface area contributed by atoms with E-state index in [-0.39, 0.29) is 0 Å². The molecule has 0 aliphatic heterocycles. The third-order valence-corrected chi connectivity index (χ3v) is 2.74. The van der Waals surface area contributed by atoms with Crippen molar-refractivity contribution in [3.05, 3.63) is 11.1 Å². The lowest BCUT2D eigenvalue weighted by molar-refractivity contribution is 0.485. The van der Waals surface area contributed by atoms with Crippen molar-refractivity contribution >= 4 is 0 Å². The zero-order chi connectivity index (χ0) is 7.56. The van der Waals surface area contributed by atoms with Crippen molar-refractivity contribution in [3.63, 3.8) is 0 Å². The van der Waals surface area contributed by atoms with Gasteiger partial charge in [-0.05, 0) is 31.6 Å². The van der Waals surface area contributed by atoms with Crippen molar-refractivity contribution in [3.8, 4) is 0 Å². The van der Waals surface area contributed by atoms with Crippen LogP contribution < -0.4 is 0 Å². The molecule has 0 saturated heterocycles. The minimum Gasteiger partial charge on any atom is -0.0704 e. The molecule has 58 valence electrons. The highest BCUT2D eigenvalue weighted by atomic mass is 14.3. The fraction of sp³-hybridized carbons (Fsp3) is 0.800. The minimum atomic E-state index is 0.958. The Bertz CT molecular complexity index is 142. The summed E-state index contributed by atoms with van der Waals surface area (Å²) in [6.07, 6.45) is 5.34. The van der Waals surface area contributed by atoms with E-state index in [4.69, 9.17) is 0 Å². The molecule has 0 fully saturated rings. The Morgan fingerprint density at radius 3 is 2.30 bits per heavy atom. The van der Waals surface area contributed by atoms with Gasteiger partial charge in [-0.25, -0.2) is 0 Å². The standard InChI is InChI=1S/C10H18/c1-4-8-7-9(5-2)10(8)6-3/h8H,4-7H2,1-3H3/t8-/m1/s1. The van der Waals surface area contributed by atoms with Gasteiger partial charge in [0.05, 0.1) is 0 Å². The van der Waals surface area contributed by atoms with Crippen molar-refractivity contribution in [1.82, 2.24) is 0 Å². The van der Waals surface area contributed by atoms with E-state index in [1.165, 1.54) is 25.7 Å². The summed E-state index contributed by atoms with van der Waals surface area (Å²) in [6, 6.07) is 0. The first-order valence-electron chi connectivity index (χ1n) is 4.54. The second-order valence-corrected chi connectivity index (χ2v) is 3.15. The summed E-state index contributed by atoms with van der Waals surface area (Å²) in [5.74, 6) is 0.958. The smallest absolute Gasteiger partial charge is 0.0166 e. The van der Waals surface area contributed by atoms with Crippen LogP contribution >= 0.6 is 0 Å². The molecule has 0 aromatic rings. The predicted molar refractivity (Wildman–Crippen MR) is 46.0 cm³/mol. The maximum absolute atomic E-state index is 2.30. The summed E-state index contributed by atoms with van der Waals surface area (Å²) >= 11 is 0. The molecule has 0 heteroatoms. The molecule has 0 radical (unpaired) electrons. The second-order valence-electron chi connectivity index (χ2n) is 3.15. The SMILES string of the molecule is CCC1=C(CC)[C@H](CC)C1. The van der Waals surface area contributed by atoms with Gasteiger partial charge >= 0.3 is 0 Å². The summed E-state index contributed by atoms with van der Waals surface area (Å²) in [7, 11) is 0. The first-order valence-corrected chi connectivity index (χ1v) is 4.54. The molecule has 0 bridgehead atoms. The maximum Gasteiger partial charge on any atom is -0.0166 e. The molecule has 1 atom stereocenters. The number of hydrogen-bond acceptors (Lipinski definition) is 0. The van der Waals surface area contributed by atoms with Gasteiger partial charge in [-0.1, -0.05) is 31.9 Å². The highest BCUT2D eigenvalue weighted by molar-refractivity contribution is 5.27. The highest BCUT2D eigenvalue weighted by Gasteiger charge is 2.24. The van der Waals surface area contributed by atoms with Crippen molar-refractivity contribution in [2.24, 2.45) is 5.92 Å². The molecule has 0 spiro atoms. The molecule has 1 aliphatic carbocycles. The third kappa shape index (κ3) is 1.12. The summed E-state index contributed by atoms with van der Waals surface area (Å²) in [4.78, 5) is 0.